The highest BCUT2D eigenvalue weighted by molar-refractivity contribution is 6.31. The van der Waals surface area contributed by atoms with Crippen LogP contribution in [-0.2, 0) is 6.42 Å². The fraction of sp³-hybridized carbons (Fsp3) is 0.688. The number of rotatable bonds is 5. The van der Waals surface area contributed by atoms with Crippen LogP contribution in [0.3, 0.4) is 0 Å². The molecule has 2 rings (SSSR count). The van der Waals surface area contributed by atoms with E-state index in [9.17, 15) is 5.11 Å². The summed E-state index contributed by atoms with van der Waals surface area (Å²) in [4.78, 5) is 4.00. The molecule has 1 aliphatic carbocycles. The number of aliphatic hydroxyl groups is 1. The molecule has 1 heterocycles. The molecule has 3 heteroatoms. The second-order valence-corrected chi connectivity index (χ2v) is 6.76. The summed E-state index contributed by atoms with van der Waals surface area (Å²) in [6, 6.07) is 1.92. The zero-order chi connectivity index (χ0) is 13.9. The van der Waals surface area contributed by atoms with Crippen molar-refractivity contribution in [1.29, 1.82) is 0 Å². The summed E-state index contributed by atoms with van der Waals surface area (Å²) in [5.74, 6) is 0.626. The van der Waals surface area contributed by atoms with Crippen LogP contribution in [0.1, 0.15) is 51.5 Å². The van der Waals surface area contributed by atoms with Crippen LogP contribution in [0.4, 0.5) is 0 Å². The summed E-state index contributed by atoms with van der Waals surface area (Å²) in [5.41, 5.74) is 1.11. The molecular weight excluding hydrogens is 258 g/mol. The van der Waals surface area contributed by atoms with Gasteiger partial charge in [0.25, 0.3) is 0 Å². The van der Waals surface area contributed by atoms with Crippen molar-refractivity contribution in [3.8, 4) is 0 Å². The molecule has 0 amide bonds. The summed E-state index contributed by atoms with van der Waals surface area (Å²) in [5, 5.41) is 11.4. The lowest BCUT2D eigenvalue weighted by Gasteiger charge is -2.36. The average molecular weight is 282 g/mol. The molecule has 19 heavy (non-hydrogen) atoms. The van der Waals surface area contributed by atoms with Crippen LogP contribution in [0.15, 0.2) is 18.5 Å². The number of hydrogen-bond donors (Lipinski definition) is 1. The second kappa shape index (κ2) is 6.23. The molecule has 0 aliphatic heterocycles. The quantitative estimate of drug-likeness (QED) is 0.875. The number of hydrogen-bond acceptors (Lipinski definition) is 2. The standard InChI is InChI=1S/C16H24ClNO/c1-12(2)10-16(6-3-4-7-16)15(19)9-13-5-8-18-11-14(13)17/h5,8,11-12,15,19H,3-4,6-7,9-10H2,1-2H3. The molecule has 1 aliphatic rings. The molecule has 1 unspecified atom stereocenters. The fourth-order valence-corrected chi connectivity index (χ4v) is 3.76. The monoisotopic (exact) mass is 281 g/mol. The lowest BCUT2D eigenvalue weighted by atomic mass is 9.72. The zero-order valence-corrected chi connectivity index (χ0v) is 12.7. The minimum atomic E-state index is -0.294. The predicted octanol–water partition coefficient (Wildman–Crippen LogP) is 4.24. The van der Waals surface area contributed by atoms with Crippen molar-refractivity contribution < 1.29 is 5.11 Å². The van der Waals surface area contributed by atoms with Crippen LogP contribution < -0.4 is 0 Å². The third-order valence-corrected chi connectivity index (χ3v) is 4.73. The van der Waals surface area contributed by atoms with E-state index < -0.39 is 0 Å². The first-order valence-electron chi connectivity index (χ1n) is 7.30. The molecule has 1 fully saturated rings. The van der Waals surface area contributed by atoms with Gasteiger partial charge in [0.15, 0.2) is 0 Å². The summed E-state index contributed by atoms with van der Waals surface area (Å²) >= 11 is 6.15. The van der Waals surface area contributed by atoms with Gasteiger partial charge in [-0.1, -0.05) is 38.3 Å². The molecule has 0 radical (unpaired) electrons. The van der Waals surface area contributed by atoms with Gasteiger partial charge in [0, 0.05) is 18.8 Å². The molecule has 0 aromatic carbocycles. The van der Waals surface area contributed by atoms with Gasteiger partial charge >= 0.3 is 0 Å². The topological polar surface area (TPSA) is 33.1 Å². The van der Waals surface area contributed by atoms with Crippen molar-refractivity contribution >= 4 is 11.6 Å². The van der Waals surface area contributed by atoms with E-state index in [1.807, 2.05) is 6.07 Å². The molecule has 0 bridgehead atoms. The van der Waals surface area contributed by atoms with Crippen LogP contribution in [0.2, 0.25) is 5.02 Å². The highest BCUT2D eigenvalue weighted by atomic mass is 35.5. The lowest BCUT2D eigenvalue weighted by Crippen LogP contribution is -2.35. The van der Waals surface area contributed by atoms with Crippen LogP contribution in [0.25, 0.3) is 0 Å². The Morgan fingerprint density at radius 3 is 2.63 bits per heavy atom. The molecule has 1 aromatic heterocycles. The van der Waals surface area contributed by atoms with Gasteiger partial charge in [-0.25, -0.2) is 0 Å². The summed E-state index contributed by atoms with van der Waals surface area (Å²) in [6.45, 7) is 4.48. The summed E-state index contributed by atoms with van der Waals surface area (Å²) in [7, 11) is 0. The van der Waals surface area contributed by atoms with E-state index in [0.29, 0.717) is 17.4 Å². The van der Waals surface area contributed by atoms with E-state index in [4.69, 9.17) is 11.6 Å². The van der Waals surface area contributed by atoms with Crippen molar-refractivity contribution in [2.75, 3.05) is 0 Å². The minimum absolute atomic E-state index is 0.0980. The van der Waals surface area contributed by atoms with Crippen LogP contribution in [0, 0.1) is 11.3 Å². The maximum atomic E-state index is 10.7. The maximum absolute atomic E-state index is 10.7. The summed E-state index contributed by atoms with van der Waals surface area (Å²) in [6.07, 6.45) is 9.65. The van der Waals surface area contributed by atoms with Gasteiger partial charge in [-0.15, -0.1) is 0 Å². The Morgan fingerprint density at radius 1 is 1.37 bits per heavy atom. The number of pyridine rings is 1. The highest BCUT2D eigenvalue weighted by Crippen LogP contribution is 2.46. The van der Waals surface area contributed by atoms with E-state index in [2.05, 4.69) is 18.8 Å². The molecule has 0 saturated heterocycles. The van der Waals surface area contributed by atoms with E-state index in [-0.39, 0.29) is 11.5 Å². The van der Waals surface area contributed by atoms with Crippen LogP contribution >= 0.6 is 11.6 Å². The Morgan fingerprint density at radius 2 is 2.05 bits per heavy atom. The number of nitrogens with zero attached hydrogens (tertiary/aromatic N) is 1. The highest BCUT2D eigenvalue weighted by Gasteiger charge is 2.40. The van der Waals surface area contributed by atoms with Crippen LogP contribution in [0.5, 0.6) is 0 Å². The van der Waals surface area contributed by atoms with Gasteiger partial charge in [0.2, 0.25) is 0 Å². The van der Waals surface area contributed by atoms with Gasteiger partial charge in [-0.3, -0.25) is 4.98 Å². The largest absolute Gasteiger partial charge is 0.392 e. The zero-order valence-electron chi connectivity index (χ0n) is 11.9. The van der Waals surface area contributed by atoms with Crippen molar-refractivity contribution in [3.05, 3.63) is 29.0 Å². The Kier molecular flexibility index (Phi) is 4.86. The first-order chi connectivity index (χ1) is 9.03. The van der Waals surface area contributed by atoms with Gasteiger partial charge < -0.3 is 5.11 Å². The van der Waals surface area contributed by atoms with E-state index in [1.54, 1.807) is 12.4 Å². The molecule has 1 aromatic rings. The third kappa shape index (κ3) is 3.49. The molecule has 1 atom stereocenters. The Hall–Kier alpha value is -0.600. The number of halogens is 1. The molecule has 1 saturated carbocycles. The average Bonchev–Trinajstić information content (AvgIpc) is 2.81. The Bertz CT molecular complexity index is 413. The predicted molar refractivity (Wildman–Crippen MR) is 79.3 cm³/mol. The summed E-state index contributed by atoms with van der Waals surface area (Å²) < 4.78 is 0. The smallest absolute Gasteiger partial charge is 0.0637 e. The molecule has 2 nitrogen and oxygen atoms in total. The van der Waals surface area contributed by atoms with Crippen molar-refractivity contribution in [2.45, 2.75) is 58.5 Å². The van der Waals surface area contributed by atoms with Crippen molar-refractivity contribution in [3.63, 3.8) is 0 Å². The fourth-order valence-electron chi connectivity index (χ4n) is 3.56. The molecule has 106 valence electrons. The maximum Gasteiger partial charge on any atom is 0.0637 e. The van der Waals surface area contributed by atoms with Crippen molar-refractivity contribution in [1.82, 2.24) is 4.98 Å². The normalized spacial score (nSPS) is 19.8. The second-order valence-electron chi connectivity index (χ2n) is 6.35. The minimum Gasteiger partial charge on any atom is -0.392 e. The molecule has 1 N–H and O–H groups in total. The van der Waals surface area contributed by atoms with Gasteiger partial charge in [-0.2, -0.15) is 0 Å². The van der Waals surface area contributed by atoms with E-state index >= 15 is 0 Å². The van der Waals surface area contributed by atoms with Gasteiger partial charge in [0.05, 0.1) is 11.1 Å². The van der Waals surface area contributed by atoms with Crippen molar-refractivity contribution in [2.24, 2.45) is 11.3 Å². The third-order valence-electron chi connectivity index (χ3n) is 4.39. The van der Waals surface area contributed by atoms with E-state index in [1.165, 1.54) is 12.8 Å². The van der Waals surface area contributed by atoms with Gasteiger partial charge in [0.1, 0.15) is 0 Å². The first kappa shape index (κ1) is 14.8. The molecule has 0 spiro atoms. The Labute approximate surface area is 121 Å². The SMILES string of the molecule is CC(C)CC1(C(O)Cc2ccncc2Cl)CCCC1. The van der Waals surface area contributed by atoms with E-state index in [0.717, 1.165) is 24.8 Å². The Balaban J connectivity index is 2.12. The number of aliphatic hydroxyl groups excluding tert-OH is 1. The molecular formula is C16H24ClNO. The van der Waals surface area contributed by atoms with Gasteiger partial charge in [-0.05, 0) is 42.2 Å². The lowest BCUT2D eigenvalue weighted by molar-refractivity contribution is 0.0134. The van der Waals surface area contributed by atoms with Crippen LogP contribution in [-0.4, -0.2) is 16.2 Å². The number of aromatic nitrogens is 1. The first-order valence-corrected chi connectivity index (χ1v) is 7.68.